The second-order valence-corrected chi connectivity index (χ2v) is 5.65. The van der Waals surface area contributed by atoms with Gasteiger partial charge in [0.2, 0.25) is 0 Å². The standard InChI is InChI=1S/C17H14F2N2S/c1-22-16-8-2-12(3-9-16)17-10-14(11-18)20-21(17)15-6-4-13(19)5-7-15/h2-10H,11H2,1H3. The largest absolute Gasteiger partial charge is 0.244 e. The fraction of sp³-hybridized carbons (Fsp3) is 0.118. The van der Waals surface area contributed by atoms with E-state index in [1.807, 2.05) is 30.5 Å². The van der Waals surface area contributed by atoms with E-state index in [-0.39, 0.29) is 5.82 Å². The summed E-state index contributed by atoms with van der Waals surface area (Å²) in [6.45, 7) is -0.635. The van der Waals surface area contributed by atoms with Crippen molar-refractivity contribution < 1.29 is 8.78 Å². The summed E-state index contributed by atoms with van der Waals surface area (Å²) in [5.41, 5.74) is 2.78. The van der Waals surface area contributed by atoms with Crippen LogP contribution < -0.4 is 0 Å². The number of halogens is 2. The first-order valence-corrected chi connectivity index (χ1v) is 7.99. The number of benzene rings is 2. The number of alkyl halides is 1. The van der Waals surface area contributed by atoms with Crippen molar-refractivity contribution in [2.75, 3.05) is 6.26 Å². The molecular formula is C17H14F2N2S. The summed E-state index contributed by atoms with van der Waals surface area (Å²) in [5, 5.41) is 4.26. The smallest absolute Gasteiger partial charge is 0.133 e. The highest BCUT2D eigenvalue weighted by Gasteiger charge is 2.12. The van der Waals surface area contributed by atoms with E-state index in [0.29, 0.717) is 11.4 Å². The minimum atomic E-state index is -0.635. The van der Waals surface area contributed by atoms with Crippen LogP contribution >= 0.6 is 11.8 Å². The Morgan fingerprint density at radius 3 is 2.32 bits per heavy atom. The minimum absolute atomic E-state index is 0.313. The molecular weight excluding hydrogens is 302 g/mol. The van der Waals surface area contributed by atoms with E-state index in [4.69, 9.17) is 0 Å². The molecule has 2 nitrogen and oxygen atoms in total. The number of rotatable bonds is 4. The van der Waals surface area contributed by atoms with Crippen molar-refractivity contribution in [3.05, 3.63) is 66.1 Å². The number of hydrogen-bond donors (Lipinski definition) is 0. The molecule has 0 saturated carbocycles. The maximum absolute atomic E-state index is 13.1. The summed E-state index contributed by atoms with van der Waals surface area (Å²) in [6, 6.07) is 15.7. The summed E-state index contributed by atoms with van der Waals surface area (Å²) in [6.07, 6.45) is 2.01. The van der Waals surface area contributed by atoms with Gasteiger partial charge in [-0.05, 0) is 48.7 Å². The number of hydrogen-bond acceptors (Lipinski definition) is 2. The van der Waals surface area contributed by atoms with E-state index in [0.717, 1.165) is 16.2 Å². The molecule has 22 heavy (non-hydrogen) atoms. The fourth-order valence-electron chi connectivity index (χ4n) is 2.24. The van der Waals surface area contributed by atoms with Gasteiger partial charge in [0.05, 0.1) is 17.1 Å². The van der Waals surface area contributed by atoms with E-state index in [9.17, 15) is 8.78 Å². The maximum atomic E-state index is 13.1. The summed E-state index contributed by atoms with van der Waals surface area (Å²) in [7, 11) is 0. The van der Waals surface area contributed by atoms with Crippen molar-refractivity contribution in [3.8, 4) is 16.9 Å². The predicted octanol–water partition coefficient (Wildman–Crippen LogP) is 4.87. The predicted molar refractivity (Wildman–Crippen MR) is 85.6 cm³/mol. The van der Waals surface area contributed by atoms with Gasteiger partial charge < -0.3 is 0 Å². The minimum Gasteiger partial charge on any atom is -0.244 e. The lowest BCUT2D eigenvalue weighted by Crippen LogP contribution is -1.99. The zero-order valence-corrected chi connectivity index (χ0v) is 12.8. The second-order valence-electron chi connectivity index (χ2n) is 4.77. The van der Waals surface area contributed by atoms with Gasteiger partial charge in [-0.1, -0.05) is 12.1 Å². The van der Waals surface area contributed by atoms with Crippen LogP contribution in [0.5, 0.6) is 0 Å². The van der Waals surface area contributed by atoms with Gasteiger partial charge in [-0.3, -0.25) is 0 Å². The molecule has 0 aliphatic rings. The SMILES string of the molecule is CSc1ccc(-c2cc(CF)nn2-c2ccc(F)cc2)cc1. The Morgan fingerprint density at radius 1 is 1.05 bits per heavy atom. The summed E-state index contributed by atoms with van der Waals surface area (Å²) in [5.74, 6) is -0.313. The Morgan fingerprint density at radius 2 is 1.73 bits per heavy atom. The van der Waals surface area contributed by atoms with Gasteiger partial charge in [0, 0.05) is 10.5 Å². The van der Waals surface area contributed by atoms with Crippen LogP contribution in [0.4, 0.5) is 8.78 Å². The van der Waals surface area contributed by atoms with E-state index < -0.39 is 6.67 Å². The molecule has 0 fully saturated rings. The Balaban J connectivity index is 2.09. The molecule has 3 aromatic rings. The van der Waals surface area contributed by atoms with Crippen LogP contribution in [-0.2, 0) is 6.67 Å². The number of thioether (sulfide) groups is 1. The fourth-order valence-corrected chi connectivity index (χ4v) is 2.65. The first-order chi connectivity index (χ1) is 10.7. The molecule has 112 valence electrons. The van der Waals surface area contributed by atoms with Crippen molar-refractivity contribution in [1.82, 2.24) is 9.78 Å². The average molecular weight is 316 g/mol. The van der Waals surface area contributed by atoms with Crippen molar-refractivity contribution in [2.24, 2.45) is 0 Å². The molecule has 5 heteroatoms. The Labute approximate surface area is 131 Å². The Kier molecular flexibility index (Phi) is 4.24. The normalized spacial score (nSPS) is 10.9. The Bertz CT molecular complexity index is 764. The third-order valence-electron chi connectivity index (χ3n) is 3.35. The van der Waals surface area contributed by atoms with Gasteiger partial charge in [-0.15, -0.1) is 11.8 Å². The first kappa shape index (κ1) is 14.8. The van der Waals surface area contributed by atoms with E-state index in [1.165, 1.54) is 12.1 Å². The lowest BCUT2D eigenvalue weighted by Gasteiger charge is -2.08. The highest BCUT2D eigenvalue weighted by Crippen LogP contribution is 2.26. The number of aromatic nitrogens is 2. The second kappa shape index (κ2) is 6.32. The third kappa shape index (κ3) is 2.90. The molecule has 0 N–H and O–H groups in total. The maximum Gasteiger partial charge on any atom is 0.133 e. The topological polar surface area (TPSA) is 17.8 Å². The molecule has 2 aromatic carbocycles. The number of nitrogens with zero attached hydrogens (tertiary/aromatic N) is 2. The highest BCUT2D eigenvalue weighted by atomic mass is 32.2. The summed E-state index contributed by atoms with van der Waals surface area (Å²) >= 11 is 1.66. The van der Waals surface area contributed by atoms with E-state index >= 15 is 0 Å². The lowest BCUT2D eigenvalue weighted by atomic mass is 10.1. The third-order valence-corrected chi connectivity index (χ3v) is 4.10. The van der Waals surface area contributed by atoms with Crippen molar-refractivity contribution in [3.63, 3.8) is 0 Å². The van der Waals surface area contributed by atoms with Crippen LogP contribution in [0.2, 0.25) is 0 Å². The molecule has 0 radical (unpaired) electrons. The van der Waals surface area contributed by atoms with Gasteiger partial charge in [-0.25, -0.2) is 13.5 Å². The van der Waals surface area contributed by atoms with Crippen LogP contribution in [0.1, 0.15) is 5.69 Å². The van der Waals surface area contributed by atoms with Gasteiger partial charge in [0.15, 0.2) is 0 Å². The first-order valence-electron chi connectivity index (χ1n) is 6.76. The van der Waals surface area contributed by atoms with Gasteiger partial charge in [0.25, 0.3) is 0 Å². The molecule has 0 aliphatic carbocycles. The van der Waals surface area contributed by atoms with Crippen molar-refractivity contribution in [1.29, 1.82) is 0 Å². The van der Waals surface area contributed by atoms with Crippen LogP contribution in [-0.4, -0.2) is 16.0 Å². The van der Waals surface area contributed by atoms with Crippen LogP contribution in [0.25, 0.3) is 16.9 Å². The van der Waals surface area contributed by atoms with E-state index in [2.05, 4.69) is 5.10 Å². The monoisotopic (exact) mass is 316 g/mol. The van der Waals surface area contributed by atoms with Crippen molar-refractivity contribution in [2.45, 2.75) is 11.6 Å². The van der Waals surface area contributed by atoms with Crippen molar-refractivity contribution >= 4 is 11.8 Å². The van der Waals surface area contributed by atoms with Crippen LogP contribution in [0.15, 0.2) is 59.5 Å². The van der Waals surface area contributed by atoms with E-state index in [1.54, 1.807) is 34.6 Å². The van der Waals surface area contributed by atoms with Gasteiger partial charge in [0.1, 0.15) is 12.5 Å². The van der Waals surface area contributed by atoms with Gasteiger partial charge in [-0.2, -0.15) is 5.10 Å². The lowest BCUT2D eigenvalue weighted by molar-refractivity contribution is 0.473. The van der Waals surface area contributed by atoms with Crippen LogP contribution in [0.3, 0.4) is 0 Å². The molecule has 0 amide bonds. The molecule has 0 saturated heterocycles. The summed E-state index contributed by atoms with van der Waals surface area (Å²) < 4.78 is 27.7. The molecule has 3 rings (SSSR count). The molecule has 0 atom stereocenters. The molecule has 1 aromatic heterocycles. The molecule has 0 unspecified atom stereocenters. The summed E-state index contributed by atoms with van der Waals surface area (Å²) in [4.78, 5) is 1.15. The highest BCUT2D eigenvalue weighted by molar-refractivity contribution is 7.98. The molecule has 0 spiro atoms. The quantitative estimate of drug-likeness (QED) is 0.639. The van der Waals surface area contributed by atoms with Gasteiger partial charge >= 0.3 is 0 Å². The average Bonchev–Trinajstić information content (AvgIpc) is 3.00. The zero-order chi connectivity index (χ0) is 15.5. The molecule has 1 heterocycles. The molecule has 0 bridgehead atoms. The molecule has 0 aliphatic heterocycles. The Hall–Kier alpha value is -2.14. The zero-order valence-electron chi connectivity index (χ0n) is 12.0. The van der Waals surface area contributed by atoms with Crippen LogP contribution in [0, 0.1) is 5.82 Å².